The van der Waals surface area contributed by atoms with Gasteiger partial charge in [-0.2, -0.15) is 0 Å². The fourth-order valence-corrected chi connectivity index (χ4v) is 7.88. The molecule has 8 aromatic rings. The van der Waals surface area contributed by atoms with Gasteiger partial charge in [0.05, 0.1) is 0 Å². The van der Waals surface area contributed by atoms with Crippen molar-refractivity contribution in [3.8, 4) is 56.4 Å². The van der Waals surface area contributed by atoms with Crippen molar-refractivity contribution in [3.05, 3.63) is 164 Å². The van der Waals surface area contributed by atoms with Gasteiger partial charge in [-0.1, -0.05) is 146 Å². The summed E-state index contributed by atoms with van der Waals surface area (Å²) in [5.41, 5.74) is 10.5. The summed E-state index contributed by atoms with van der Waals surface area (Å²) < 4.78 is 13.3. The van der Waals surface area contributed by atoms with Crippen LogP contribution in [0.25, 0.3) is 54.9 Å². The average molecular weight is 599 g/mol. The van der Waals surface area contributed by atoms with E-state index in [9.17, 15) is 0 Å². The second-order valence-electron chi connectivity index (χ2n) is 12.3. The quantitative estimate of drug-likeness (QED) is 0.149. The maximum atomic E-state index is 6.89. The lowest BCUT2D eigenvalue weighted by molar-refractivity contribution is 0.465. The molecule has 3 heteroatoms. The zero-order valence-corrected chi connectivity index (χ0v) is 25.5. The highest BCUT2D eigenvalue weighted by molar-refractivity contribution is 6.98. The van der Waals surface area contributed by atoms with Crippen LogP contribution in [0, 0.1) is 0 Å². The lowest BCUT2D eigenvalue weighted by atomic mass is 9.34. The first-order valence-electron chi connectivity index (χ1n) is 16.1. The van der Waals surface area contributed by atoms with E-state index in [-0.39, 0.29) is 6.71 Å². The van der Waals surface area contributed by atoms with E-state index in [1.165, 1.54) is 43.8 Å². The third-order valence-electron chi connectivity index (χ3n) is 9.81. The number of rotatable bonds is 3. The fraction of sp³-hybridized carbons (Fsp3) is 0. The molecule has 0 aromatic heterocycles. The van der Waals surface area contributed by atoms with Gasteiger partial charge in [0.15, 0.2) is 0 Å². The van der Waals surface area contributed by atoms with Gasteiger partial charge in [0.25, 0.3) is 6.71 Å². The Kier molecular flexibility index (Phi) is 5.70. The highest BCUT2D eigenvalue weighted by Crippen LogP contribution is 2.48. The molecule has 0 spiro atoms. The van der Waals surface area contributed by atoms with Crippen molar-refractivity contribution in [1.82, 2.24) is 0 Å². The Balaban J connectivity index is 1.25. The summed E-state index contributed by atoms with van der Waals surface area (Å²) in [6, 6.07) is 58.4. The van der Waals surface area contributed by atoms with Crippen molar-refractivity contribution >= 4 is 44.6 Å². The van der Waals surface area contributed by atoms with E-state index in [0.29, 0.717) is 0 Å². The van der Waals surface area contributed by atoms with Gasteiger partial charge in [-0.25, -0.2) is 0 Å². The standard InChI is InChI=1S/C44H27BO2/c1-2-14-28(15-3-1)41-31-18-6-8-20-33(31)42(34-21-9-7-19-32(34)41)30-17-5-4-16-29(30)35-22-12-24-37-44(35)47-40-27-13-26-39-43(40)45(37)36-23-10-11-25-38(36)46-39/h1-27H. The van der Waals surface area contributed by atoms with E-state index < -0.39 is 0 Å². The molecule has 0 saturated heterocycles. The maximum Gasteiger partial charge on any atom is 0.260 e. The van der Waals surface area contributed by atoms with E-state index in [2.05, 4.69) is 146 Å². The van der Waals surface area contributed by atoms with E-state index in [1.807, 2.05) is 18.2 Å². The molecule has 2 aliphatic heterocycles. The van der Waals surface area contributed by atoms with Gasteiger partial charge >= 0.3 is 0 Å². The molecule has 0 amide bonds. The SMILES string of the molecule is c1ccc(-c2c3ccccc3c(-c3ccccc3-c3cccc4c3Oc3cccc5c3B4c3ccccc3O5)c3ccccc23)cc1. The zero-order valence-electron chi connectivity index (χ0n) is 25.5. The maximum absolute atomic E-state index is 6.89. The second-order valence-corrected chi connectivity index (χ2v) is 12.3. The van der Waals surface area contributed by atoms with E-state index in [0.717, 1.165) is 50.5 Å². The van der Waals surface area contributed by atoms with Gasteiger partial charge < -0.3 is 9.47 Å². The molecule has 10 rings (SSSR count). The van der Waals surface area contributed by atoms with Gasteiger partial charge in [-0.05, 0) is 78.5 Å². The third kappa shape index (κ3) is 3.87. The van der Waals surface area contributed by atoms with Gasteiger partial charge in [-0.3, -0.25) is 0 Å². The Labute approximate surface area is 273 Å². The van der Waals surface area contributed by atoms with Crippen LogP contribution >= 0.6 is 0 Å². The molecule has 0 saturated carbocycles. The molecule has 2 nitrogen and oxygen atoms in total. The predicted octanol–water partition coefficient (Wildman–Crippen LogP) is 9.72. The molecule has 0 N–H and O–H groups in total. The molecule has 0 atom stereocenters. The minimum atomic E-state index is 0.0221. The molecular formula is C44H27BO2. The molecule has 218 valence electrons. The lowest BCUT2D eigenvalue weighted by Gasteiger charge is -2.33. The van der Waals surface area contributed by atoms with Crippen LogP contribution in [0.15, 0.2) is 164 Å². The topological polar surface area (TPSA) is 18.5 Å². The minimum absolute atomic E-state index is 0.0221. The summed E-state index contributed by atoms with van der Waals surface area (Å²) in [5, 5.41) is 4.95. The van der Waals surface area contributed by atoms with Crippen LogP contribution in [0.4, 0.5) is 0 Å². The minimum Gasteiger partial charge on any atom is -0.458 e. The third-order valence-corrected chi connectivity index (χ3v) is 9.81. The number of hydrogen-bond acceptors (Lipinski definition) is 2. The number of hydrogen-bond donors (Lipinski definition) is 0. The van der Waals surface area contributed by atoms with E-state index in [1.54, 1.807) is 0 Å². The molecule has 0 radical (unpaired) electrons. The summed E-state index contributed by atoms with van der Waals surface area (Å²) in [7, 11) is 0. The van der Waals surface area contributed by atoms with Crippen molar-refractivity contribution in [1.29, 1.82) is 0 Å². The largest absolute Gasteiger partial charge is 0.458 e. The first kappa shape index (κ1) is 26.2. The number of para-hydroxylation sites is 2. The number of ether oxygens (including phenoxy) is 2. The number of fused-ring (bicyclic) bond motifs is 6. The van der Waals surface area contributed by atoms with Crippen LogP contribution in [0.5, 0.6) is 23.0 Å². The molecule has 0 unspecified atom stereocenters. The summed E-state index contributed by atoms with van der Waals surface area (Å²) in [6.45, 7) is 0.0221. The molecular weight excluding hydrogens is 571 g/mol. The Hall–Kier alpha value is -6.06. The van der Waals surface area contributed by atoms with E-state index in [4.69, 9.17) is 9.47 Å². The van der Waals surface area contributed by atoms with Gasteiger partial charge in [0.2, 0.25) is 0 Å². The molecule has 2 heterocycles. The van der Waals surface area contributed by atoms with Crippen LogP contribution in [0.1, 0.15) is 0 Å². The monoisotopic (exact) mass is 598 g/mol. The van der Waals surface area contributed by atoms with Crippen molar-refractivity contribution < 1.29 is 9.47 Å². The normalized spacial score (nSPS) is 12.6. The fourth-order valence-electron chi connectivity index (χ4n) is 7.88. The van der Waals surface area contributed by atoms with Crippen molar-refractivity contribution in [3.63, 3.8) is 0 Å². The summed E-state index contributed by atoms with van der Waals surface area (Å²) in [4.78, 5) is 0. The van der Waals surface area contributed by atoms with Crippen molar-refractivity contribution in [2.24, 2.45) is 0 Å². The Morgan fingerprint density at radius 2 is 0.851 bits per heavy atom. The smallest absolute Gasteiger partial charge is 0.260 e. The van der Waals surface area contributed by atoms with Crippen LogP contribution in [-0.4, -0.2) is 6.71 Å². The van der Waals surface area contributed by atoms with Gasteiger partial charge in [0.1, 0.15) is 23.0 Å². The Morgan fingerprint density at radius 3 is 1.60 bits per heavy atom. The lowest BCUT2D eigenvalue weighted by Crippen LogP contribution is -2.57. The van der Waals surface area contributed by atoms with Crippen LogP contribution in [-0.2, 0) is 0 Å². The first-order valence-corrected chi connectivity index (χ1v) is 16.1. The molecule has 2 aliphatic rings. The van der Waals surface area contributed by atoms with Gasteiger partial charge in [-0.15, -0.1) is 0 Å². The summed E-state index contributed by atoms with van der Waals surface area (Å²) in [5.74, 6) is 3.51. The van der Waals surface area contributed by atoms with E-state index >= 15 is 0 Å². The number of benzene rings is 8. The molecule has 8 aromatic carbocycles. The van der Waals surface area contributed by atoms with Crippen LogP contribution in [0.2, 0.25) is 0 Å². The second kappa shape index (κ2) is 10.2. The van der Waals surface area contributed by atoms with Crippen molar-refractivity contribution in [2.75, 3.05) is 0 Å². The average Bonchev–Trinajstić information content (AvgIpc) is 3.14. The first-order chi connectivity index (χ1) is 23.3. The predicted molar refractivity (Wildman–Crippen MR) is 195 cm³/mol. The molecule has 0 fully saturated rings. The molecule has 0 aliphatic carbocycles. The Morgan fingerprint density at radius 1 is 0.340 bits per heavy atom. The highest BCUT2D eigenvalue weighted by Gasteiger charge is 2.40. The zero-order chi connectivity index (χ0) is 30.9. The van der Waals surface area contributed by atoms with Crippen molar-refractivity contribution in [2.45, 2.75) is 0 Å². The molecule has 47 heavy (non-hydrogen) atoms. The molecule has 0 bridgehead atoms. The summed E-state index contributed by atoms with van der Waals surface area (Å²) in [6.07, 6.45) is 0. The highest BCUT2D eigenvalue weighted by atomic mass is 16.5. The van der Waals surface area contributed by atoms with Gasteiger partial charge in [0, 0.05) is 11.0 Å². The Bertz CT molecular complexity index is 2480. The summed E-state index contributed by atoms with van der Waals surface area (Å²) >= 11 is 0. The van der Waals surface area contributed by atoms with Crippen LogP contribution in [0.3, 0.4) is 0 Å². The van der Waals surface area contributed by atoms with Crippen LogP contribution < -0.4 is 25.9 Å².